The fraction of sp³-hybridized carbons (Fsp3) is 1.00. The molecule has 2 heteroatoms. The molecule has 0 spiro atoms. The minimum Gasteiger partial charge on any atom is -0.0733 e. The number of hydrogen-bond donors (Lipinski definition) is 0. The van der Waals surface area contributed by atoms with Gasteiger partial charge >= 0.3 is 0 Å². The normalized spacial score (nSPS) is 10.5. The Balaban J connectivity index is 2.72. The number of rotatable bonds is 4. The molecule has 0 saturated carbocycles. The van der Waals surface area contributed by atoms with Crippen LogP contribution >= 0.6 is 0 Å². The minimum atomic E-state index is 0.936. The molecule has 0 nitrogen and oxygen atoms in total. The maximum atomic E-state index is 2.30. The first-order valence-electron chi connectivity index (χ1n) is 3.15. The van der Waals surface area contributed by atoms with E-state index in [4.69, 9.17) is 0 Å². The lowest BCUT2D eigenvalue weighted by Crippen LogP contribution is -1.94. The van der Waals surface area contributed by atoms with E-state index in [2.05, 4.69) is 20.4 Å². The standard InChI is InChI=1S/C6H14Si2/c1-6(2)8-5-4-7-3/h6H,4-5H2,1-3H3. The van der Waals surface area contributed by atoms with Crippen molar-refractivity contribution in [3.63, 3.8) is 0 Å². The zero-order valence-corrected chi connectivity index (χ0v) is 7.99. The van der Waals surface area contributed by atoms with Crippen LogP contribution in [0.5, 0.6) is 0 Å². The van der Waals surface area contributed by atoms with Crippen LogP contribution in [0.4, 0.5) is 0 Å². The molecule has 0 rings (SSSR count). The van der Waals surface area contributed by atoms with Crippen LogP contribution in [0.25, 0.3) is 0 Å². The molecule has 0 N–H and O–H groups in total. The average molecular weight is 142 g/mol. The van der Waals surface area contributed by atoms with E-state index in [0.717, 1.165) is 15.1 Å². The summed E-state index contributed by atoms with van der Waals surface area (Å²) in [6.45, 7) is 6.89. The van der Waals surface area contributed by atoms with Gasteiger partial charge in [0.25, 0.3) is 0 Å². The summed E-state index contributed by atoms with van der Waals surface area (Å²) in [4.78, 5) is 0. The van der Waals surface area contributed by atoms with E-state index >= 15 is 0 Å². The molecule has 0 aliphatic rings. The summed E-state index contributed by atoms with van der Waals surface area (Å²) in [7, 11) is 2.37. The Kier molecular flexibility index (Phi) is 5.87. The summed E-state index contributed by atoms with van der Waals surface area (Å²) in [5.41, 5.74) is 0.936. The first-order chi connectivity index (χ1) is 3.77. The van der Waals surface area contributed by atoms with Gasteiger partial charge in [-0.05, 0) is 0 Å². The quantitative estimate of drug-likeness (QED) is 0.416. The summed E-state index contributed by atoms with van der Waals surface area (Å²) < 4.78 is 0. The van der Waals surface area contributed by atoms with Crippen LogP contribution in [0, 0.1) is 0 Å². The Morgan fingerprint density at radius 3 is 2.25 bits per heavy atom. The molecule has 0 aromatic heterocycles. The zero-order chi connectivity index (χ0) is 6.41. The second-order valence-corrected chi connectivity index (χ2v) is 5.48. The molecule has 0 heterocycles. The molecule has 0 bridgehead atoms. The van der Waals surface area contributed by atoms with Crippen LogP contribution in [0.15, 0.2) is 0 Å². The van der Waals surface area contributed by atoms with Crippen LogP contribution in [0.1, 0.15) is 13.8 Å². The zero-order valence-electron chi connectivity index (χ0n) is 5.99. The SMILES string of the molecule is C[Si]CC[Si]C(C)C. The Bertz CT molecular complexity index is 43.8. The fourth-order valence-corrected chi connectivity index (χ4v) is 2.64. The molecular formula is C6H14Si2. The van der Waals surface area contributed by atoms with Crippen molar-refractivity contribution in [2.24, 2.45) is 0 Å². The van der Waals surface area contributed by atoms with Gasteiger partial charge < -0.3 is 0 Å². The monoisotopic (exact) mass is 142 g/mol. The first-order valence-corrected chi connectivity index (χ1v) is 6.14. The number of hydrogen-bond acceptors (Lipinski definition) is 0. The molecule has 0 atom stereocenters. The second kappa shape index (κ2) is 5.57. The second-order valence-electron chi connectivity index (χ2n) is 2.21. The summed E-state index contributed by atoms with van der Waals surface area (Å²) in [5.74, 6) is 0. The van der Waals surface area contributed by atoms with Gasteiger partial charge in [0.1, 0.15) is 0 Å². The smallest absolute Gasteiger partial charge is 0.0404 e. The molecule has 46 valence electrons. The lowest BCUT2D eigenvalue weighted by atomic mass is 10.6. The van der Waals surface area contributed by atoms with Crippen molar-refractivity contribution >= 4 is 19.0 Å². The lowest BCUT2D eigenvalue weighted by Gasteiger charge is -1.98. The minimum absolute atomic E-state index is 0.936. The van der Waals surface area contributed by atoms with Gasteiger partial charge in [-0.1, -0.05) is 38.0 Å². The highest BCUT2D eigenvalue weighted by molar-refractivity contribution is 6.42. The molecular weight excluding hydrogens is 128 g/mol. The molecule has 0 saturated heterocycles. The third-order valence-electron chi connectivity index (χ3n) is 0.928. The van der Waals surface area contributed by atoms with Crippen LogP contribution in [-0.2, 0) is 0 Å². The maximum absolute atomic E-state index is 2.30. The molecule has 0 amide bonds. The Hall–Kier alpha value is 0.434. The molecule has 0 unspecified atom stereocenters. The van der Waals surface area contributed by atoms with Gasteiger partial charge in [0, 0.05) is 19.0 Å². The van der Waals surface area contributed by atoms with Gasteiger partial charge in [-0.15, -0.1) is 0 Å². The molecule has 4 radical (unpaired) electrons. The topological polar surface area (TPSA) is 0 Å². The van der Waals surface area contributed by atoms with Crippen molar-refractivity contribution in [1.82, 2.24) is 0 Å². The largest absolute Gasteiger partial charge is 0.0733 e. The van der Waals surface area contributed by atoms with E-state index in [1.807, 2.05) is 0 Å². The van der Waals surface area contributed by atoms with E-state index in [0.29, 0.717) is 0 Å². The lowest BCUT2D eigenvalue weighted by molar-refractivity contribution is 1.05. The average Bonchev–Trinajstić information content (AvgIpc) is 1.66. The van der Waals surface area contributed by atoms with E-state index in [1.54, 1.807) is 0 Å². The van der Waals surface area contributed by atoms with Crippen molar-refractivity contribution in [2.75, 3.05) is 0 Å². The molecule has 8 heavy (non-hydrogen) atoms. The van der Waals surface area contributed by atoms with Crippen molar-refractivity contribution in [3.05, 3.63) is 0 Å². The van der Waals surface area contributed by atoms with Gasteiger partial charge in [-0.2, -0.15) is 0 Å². The van der Waals surface area contributed by atoms with Gasteiger partial charge in [0.2, 0.25) is 0 Å². The summed E-state index contributed by atoms with van der Waals surface area (Å²) in [6, 6.07) is 2.92. The van der Waals surface area contributed by atoms with Gasteiger partial charge in [-0.25, -0.2) is 0 Å². The third-order valence-corrected chi connectivity index (χ3v) is 3.53. The summed E-state index contributed by atoms with van der Waals surface area (Å²) in [5, 5.41) is 0. The van der Waals surface area contributed by atoms with Crippen molar-refractivity contribution in [3.8, 4) is 0 Å². The van der Waals surface area contributed by atoms with Crippen molar-refractivity contribution in [1.29, 1.82) is 0 Å². The van der Waals surface area contributed by atoms with E-state index in [9.17, 15) is 0 Å². The summed E-state index contributed by atoms with van der Waals surface area (Å²) >= 11 is 0. The van der Waals surface area contributed by atoms with Crippen molar-refractivity contribution < 1.29 is 0 Å². The van der Waals surface area contributed by atoms with Crippen LogP contribution in [0.3, 0.4) is 0 Å². The predicted octanol–water partition coefficient (Wildman–Crippen LogP) is 2.11. The van der Waals surface area contributed by atoms with Crippen molar-refractivity contribution in [2.45, 2.75) is 38.0 Å². The highest BCUT2D eigenvalue weighted by Crippen LogP contribution is 2.01. The van der Waals surface area contributed by atoms with E-state index < -0.39 is 0 Å². The van der Waals surface area contributed by atoms with E-state index in [-0.39, 0.29) is 0 Å². The van der Waals surface area contributed by atoms with E-state index in [1.165, 1.54) is 21.6 Å². The summed E-state index contributed by atoms with van der Waals surface area (Å²) in [6.07, 6.45) is 0. The molecule has 0 aromatic rings. The highest BCUT2D eigenvalue weighted by Gasteiger charge is 1.92. The Morgan fingerprint density at radius 1 is 1.25 bits per heavy atom. The first kappa shape index (κ1) is 8.43. The fourth-order valence-electron chi connectivity index (χ4n) is 0.486. The molecule has 0 aliphatic carbocycles. The Morgan fingerprint density at radius 2 is 1.88 bits per heavy atom. The maximum Gasteiger partial charge on any atom is 0.0404 e. The Labute approximate surface area is 57.7 Å². The molecule has 0 aromatic carbocycles. The van der Waals surface area contributed by atoms with Gasteiger partial charge in [-0.3, -0.25) is 0 Å². The van der Waals surface area contributed by atoms with Gasteiger partial charge in [0.15, 0.2) is 0 Å². The van der Waals surface area contributed by atoms with Crippen LogP contribution < -0.4 is 0 Å². The van der Waals surface area contributed by atoms with Crippen LogP contribution in [-0.4, -0.2) is 19.0 Å². The molecule has 0 aliphatic heterocycles. The molecule has 0 fully saturated rings. The van der Waals surface area contributed by atoms with Crippen LogP contribution in [0.2, 0.25) is 24.2 Å². The predicted molar refractivity (Wildman–Crippen MR) is 42.1 cm³/mol. The highest BCUT2D eigenvalue weighted by atomic mass is 28.2. The third kappa shape index (κ3) is 6.43. The van der Waals surface area contributed by atoms with Gasteiger partial charge in [0.05, 0.1) is 0 Å².